The van der Waals surface area contributed by atoms with Crippen molar-refractivity contribution in [3.63, 3.8) is 0 Å². The molecular weight excluding hydrogens is 388 g/mol. The summed E-state index contributed by atoms with van der Waals surface area (Å²) in [4.78, 5) is 0. The first-order valence-corrected chi connectivity index (χ1v) is 14.5. The third-order valence-electron chi connectivity index (χ3n) is 5.87. The molecule has 2 saturated heterocycles. The Morgan fingerprint density at radius 1 is 1.26 bits per heavy atom. The summed E-state index contributed by atoms with van der Waals surface area (Å²) in [6.45, 7) is 11.3. The van der Waals surface area contributed by atoms with Crippen LogP contribution in [0.4, 0.5) is 0 Å². The van der Waals surface area contributed by atoms with Gasteiger partial charge in [0.25, 0.3) is 10.1 Å². The number of ether oxygens (including phenoxy) is 2. The highest BCUT2D eigenvalue weighted by molar-refractivity contribution is 7.86. The van der Waals surface area contributed by atoms with Gasteiger partial charge in [-0.2, -0.15) is 8.42 Å². The van der Waals surface area contributed by atoms with Crippen molar-refractivity contribution in [1.82, 2.24) is 0 Å². The van der Waals surface area contributed by atoms with Crippen molar-refractivity contribution in [2.45, 2.75) is 95.1 Å². The van der Waals surface area contributed by atoms with Gasteiger partial charge in [0.1, 0.15) is 12.2 Å². The molecule has 2 fully saturated rings. The summed E-state index contributed by atoms with van der Waals surface area (Å²) in [5.41, 5.74) is 0. The van der Waals surface area contributed by atoms with Gasteiger partial charge in [-0.15, -0.1) is 0 Å². The minimum Gasteiger partial charge on any atom is -0.411 e. The summed E-state index contributed by atoms with van der Waals surface area (Å²) in [5.74, 6) is 0. The highest BCUT2D eigenvalue weighted by Crippen LogP contribution is 2.41. The van der Waals surface area contributed by atoms with Crippen LogP contribution in [0.3, 0.4) is 0 Å². The van der Waals surface area contributed by atoms with Crippen molar-refractivity contribution in [1.29, 1.82) is 0 Å². The zero-order chi connectivity index (χ0) is 20.5. The van der Waals surface area contributed by atoms with Crippen LogP contribution in [0, 0.1) is 0 Å². The largest absolute Gasteiger partial charge is 0.411 e. The first-order chi connectivity index (χ1) is 12.3. The Kier molecular flexibility index (Phi) is 7.55. The summed E-state index contributed by atoms with van der Waals surface area (Å²) < 4.78 is 47.7. The molecule has 0 radical (unpaired) electrons. The van der Waals surface area contributed by atoms with E-state index in [1.54, 1.807) is 0 Å². The minimum atomic E-state index is -3.69. The third-order valence-corrected chi connectivity index (χ3v) is 11.0. The summed E-state index contributed by atoms with van der Waals surface area (Å²) >= 11 is 0. The smallest absolute Gasteiger partial charge is 0.264 e. The highest BCUT2D eigenvalue weighted by Gasteiger charge is 2.48. The van der Waals surface area contributed by atoms with Gasteiger partial charge in [0.05, 0.1) is 24.6 Å². The van der Waals surface area contributed by atoms with Gasteiger partial charge in [-0.05, 0) is 31.0 Å². The molecule has 0 unspecified atom stereocenters. The first kappa shape index (κ1) is 23.2. The van der Waals surface area contributed by atoms with Crippen molar-refractivity contribution in [3.8, 4) is 0 Å². The SMILES string of the molecule is CC(C)(C)[Si](C)(C)O[C@H]1C[C@H]2OCCC[C@@H]2O[C@@H]1[C@H](CCO)OS(C)(=O)=O. The average molecular weight is 425 g/mol. The Bertz CT molecular complexity index is 587. The van der Waals surface area contributed by atoms with E-state index >= 15 is 0 Å². The van der Waals surface area contributed by atoms with Crippen LogP contribution < -0.4 is 0 Å². The minimum absolute atomic E-state index is 0.00594. The maximum Gasteiger partial charge on any atom is 0.264 e. The van der Waals surface area contributed by atoms with Crippen molar-refractivity contribution in [2.75, 3.05) is 19.5 Å². The Morgan fingerprint density at radius 3 is 2.48 bits per heavy atom. The molecule has 2 heterocycles. The van der Waals surface area contributed by atoms with Gasteiger partial charge < -0.3 is 19.0 Å². The Labute approximate surface area is 165 Å². The normalized spacial score (nSPS) is 31.4. The topological polar surface area (TPSA) is 91.3 Å². The van der Waals surface area contributed by atoms with E-state index in [1.165, 1.54) is 0 Å². The van der Waals surface area contributed by atoms with E-state index in [0.717, 1.165) is 19.1 Å². The molecule has 0 aromatic heterocycles. The summed E-state index contributed by atoms with van der Waals surface area (Å²) in [7, 11) is -5.81. The van der Waals surface area contributed by atoms with Crippen molar-refractivity contribution < 1.29 is 31.6 Å². The second-order valence-electron chi connectivity index (χ2n) is 9.19. The number of rotatable bonds is 7. The van der Waals surface area contributed by atoms with Gasteiger partial charge in [-0.1, -0.05) is 20.8 Å². The highest BCUT2D eigenvalue weighted by atomic mass is 32.2. The molecular formula is C18H36O7SSi. The molecule has 0 aliphatic carbocycles. The molecule has 1 N–H and O–H groups in total. The maximum absolute atomic E-state index is 11.8. The number of hydrogen-bond donors (Lipinski definition) is 1. The van der Waals surface area contributed by atoms with Crippen molar-refractivity contribution >= 4 is 18.4 Å². The maximum atomic E-state index is 11.8. The molecule has 0 amide bonds. The molecule has 160 valence electrons. The molecule has 2 aliphatic rings. The fourth-order valence-electron chi connectivity index (χ4n) is 3.46. The molecule has 0 spiro atoms. The molecule has 0 aromatic rings. The van der Waals surface area contributed by atoms with Gasteiger partial charge in [0, 0.05) is 26.1 Å². The molecule has 9 heteroatoms. The standard InChI is InChI=1S/C18H36O7SSi/c1-18(2,3)27(5,6)25-16-12-15-13(8-7-11-22-15)23-17(16)14(9-10-19)24-26(4,20)21/h13-17,19H,7-12H2,1-6H3/t13-,14-,15+,16-,17+/m0/s1. The number of fused-ring (bicyclic) bond motifs is 1. The Balaban J connectivity index is 2.29. The second-order valence-corrected chi connectivity index (χ2v) is 15.6. The van der Waals surface area contributed by atoms with Crippen LogP contribution in [-0.2, 0) is 28.2 Å². The predicted molar refractivity (Wildman–Crippen MR) is 106 cm³/mol. The zero-order valence-electron chi connectivity index (χ0n) is 17.4. The van der Waals surface area contributed by atoms with E-state index in [9.17, 15) is 13.5 Å². The Morgan fingerprint density at radius 2 is 1.93 bits per heavy atom. The molecule has 0 bridgehead atoms. The van der Waals surface area contributed by atoms with E-state index in [2.05, 4.69) is 33.9 Å². The number of aliphatic hydroxyl groups is 1. The van der Waals surface area contributed by atoms with Crippen LogP contribution in [0.2, 0.25) is 18.1 Å². The zero-order valence-corrected chi connectivity index (χ0v) is 19.3. The van der Waals surface area contributed by atoms with Crippen LogP contribution in [-0.4, -0.2) is 71.8 Å². The number of hydrogen-bond acceptors (Lipinski definition) is 7. The molecule has 2 aliphatic heterocycles. The quantitative estimate of drug-likeness (QED) is 0.496. The fraction of sp³-hybridized carbons (Fsp3) is 1.00. The Hall–Kier alpha value is -0.0331. The first-order valence-electron chi connectivity index (χ1n) is 9.78. The fourth-order valence-corrected chi connectivity index (χ4v) is 5.45. The van der Waals surface area contributed by atoms with E-state index in [-0.39, 0.29) is 36.4 Å². The lowest BCUT2D eigenvalue weighted by Gasteiger charge is -2.49. The van der Waals surface area contributed by atoms with Gasteiger partial charge in [0.2, 0.25) is 0 Å². The van der Waals surface area contributed by atoms with Gasteiger partial charge in [-0.3, -0.25) is 4.18 Å². The van der Waals surface area contributed by atoms with Crippen LogP contribution in [0.25, 0.3) is 0 Å². The monoisotopic (exact) mass is 424 g/mol. The van der Waals surface area contributed by atoms with Crippen molar-refractivity contribution in [2.24, 2.45) is 0 Å². The summed E-state index contributed by atoms with van der Waals surface area (Å²) in [6, 6.07) is 0. The van der Waals surface area contributed by atoms with Crippen LogP contribution in [0.5, 0.6) is 0 Å². The van der Waals surface area contributed by atoms with Gasteiger partial charge in [-0.25, -0.2) is 0 Å². The summed E-state index contributed by atoms with van der Waals surface area (Å²) in [5, 5.41) is 9.46. The van der Waals surface area contributed by atoms with Crippen LogP contribution in [0.1, 0.15) is 46.5 Å². The van der Waals surface area contributed by atoms with E-state index in [0.29, 0.717) is 13.0 Å². The van der Waals surface area contributed by atoms with Crippen LogP contribution >= 0.6 is 0 Å². The lowest BCUT2D eigenvalue weighted by atomic mass is 9.91. The summed E-state index contributed by atoms with van der Waals surface area (Å²) in [6.07, 6.45) is 1.85. The molecule has 7 nitrogen and oxygen atoms in total. The molecule has 0 aromatic carbocycles. The average Bonchev–Trinajstić information content (AvgIpc) is 2.51. The molecule has 27 heavy (non-hydrogen) atoms. The second kappa shape index (κ2) is 8.77. The third kappa shape index (κ3) is 6.22. The molecule has 5 atom stereocenters. The molecule has 2 rings (SSSR count). The predicted octanol–water partition coefficient (Wildman–Crippen LogP) is 2.44. The number of aliphatic hydroxyl groups excluding tert-OH is 1. The van der Waals surface area contributed by atoms with Crippen LogP contribution in [0.15, 0.2) is 0 Å². The molecule has 0 saturated carbocycles. The lowest BCUT2D eigenvalue weighted by Crippen LogP contribution is -2.59. The van der Waals surface area contributed by atoms with Gasteiger partial charge >= 0.3 is 0 Å². The van der Waals surface area contributed by atoms with E-state index in [4.69, 9.17) is 18.1 Å². The van der Waals surface area contributed by atoms with E-state index in [1.807, 2.05) is 0 Å². The lowest BCUT2D eigenvalue weighted by molar-refractivity contribution is -0.218. The van der Waals surface area contributed by atoms with Gasteiger partial charge in [0.15, 0.2) is 8.32 Å². The van der Waals surface area contributed by atoms with Crippen molar-refractivity contribution in [3.05, 3.63) is 0 Å². The van der Waals surface area contributed by atoms with E-state index < -0.39 is 30.6 Å².